The van der Waals surface area contributed by atoms with Crippen LogP contribution in [0, 0.1) is 6.92 Å². The summed E-state index contributed by atoms with van der Waals surface area (Å²) in [6.45, 7) is 3.14. The van der Waals surface area contributed by atoms with E-state index in [0.717, 1.165) is 12.8 Å². The molecule has 18 heavy (non-hydrogen) atoms. The molecule has 1 aromatic rings. The van der Waals surface area contributed by atoms with Gasteiger partial charge in [-0.25, -0.2) is 0 Å². The molecule has 0 radical (unpaired) electrons. The van der Waals surface area contributed by atoms with E-state index < -0.39 is 0 Å². The van der Waals surface area contributed by atoms with Crippen LogP contribution in [0.25, 0.3) is 0 Å². The first-order valence-corrected chi connectivity index (χ1v) is 6.69. The van der Waals surface area contributed by atoms with Gasteiger partial charge in [-0.3, -0.25) is 4.79 Å². The molecule has 2 rings (SSSR count). The summed E-state index contributed by atoms with van der Waals surface area (Å²) < 4.78 is 5.53. The van der Waals surface area contributed by atoms with Crippen LogP contribution in [0.1, 0.15) is 22.6 Å². The fourth-order valence-electron chi connectivity index (χ4n) is 1.94. The zero-order valence-corrected chi connectivity index (χ0v) is 12.0. The highest BCUT2D eigenvalue weighted by atomic mass is 35.5. The van der Waals surface area contributed by atoms with Crippen molar-refractivity contribution in [1.29, 1.82) is 0 Å². The fourth-order valence-corrected chi connectivity index (χ4v) is 2.77. The molecule has 0 aliphatic carbocycles. The average molecular weight is 291 g/mol. The summed E-state index contributed by atoms with van der Waals surface area (Å²) in [5.41, 5.74) is 5.51. The second kappa shape index (κ2) is 7.09. The highest BCUT2D eigenvalue weighted by Gasteiger charge is 2.29. The third kappa shape index (κ3) is 3.95. The quantitative estimate of drug-likeness (QED) is 0.885. The highest BCUT2D eigenvalue weighted by molar-refractivity contribution is 7.11. The number of nitrogens with one attached hydrogen (secondary N) is 1. The Morgan fingerprint density at radius 3 is 2.89 bits per heavy atom. The number of hydrogen-bond donors (Lipinski definition) is 2. The van der Waals surface area contributed by atoms with Gasteiger partial charge in [0, 0.05) is 16.3 Å². The van der Waals surface area contributed by atoms with Crippen LogP contribution in [0.4, 0.5) is 0 Å². The van der Waals surface area contributed by atoms with Gasteiger partial charge < -0.3 is 15.8 Å². The molecule has 0 saturated carbocycles. The first-order valence-electron chi connectivity index (χ1n) is 5.87. The molecule has 3 N–H and O–H groups in total. The molecule has 1 amide bonds. The van der Waals surface area contributed by atoms with Crippen molar-refractivity contribution in [2.75, 3.05) is 6.54 Å². The van der Waals surface area contributed by atoms with Crippen LogP contribution in [0.15, 0.2) is 12.1 Å². The van der Waals surface area contributed by atoms with Gasteiger partial charge in [0.15, 0.2) is 0 Å². The fraction of sp³-hybridized carbons (Fsp3) is 0.583. The van der Waals surface area contributed by atoms with E-state index >= 15 is 0 Å². The van der Waals surface area contributed by atoms with Crippen LogP contribution in [-0.4, -0.2) is 24.7 Å². The van der Waals surface area contributed by atoms with Crippen LogP contribution in [0.2, 0.25) is 0 Å². The van der Waals surface area contributed by atoms with E-state index in [2.05, 4.69) is 18.3 Å². The molecule has 2 atom stereocenters. The largest absolute Gasteiger partial charge is 0.364 e. The normalized spacial score (nSPS) is 22.6. The first-order chi connectivity index (χ1) is 8.19. The summed E-state index contributed by atoms with van der Waals surface area (Å²) in [5, 5.41) is 2.90. The van der Waals surface area contributed by atoms with Crippen LogP contribution >= 0.6 is 23.7 Å². The Hall–Kier alpha value is -0.620. The molecule has 2 heterocycles. The van der Waals surface area contributed by atoms with Gasteiger partial charge in [-0.1, -0.05) is 0 Å². The summed E-state index contributed by atoms with van der Waals surface area (Å²) in [7, 11) is 0. The summed E-state index contributed by atoms with van der Waals surface area (Å²) in [5.74, 6) is -0.0213. The van der Waals surface area contributed by atoms with Crippen molar-refractivity contribution in [3.8, 4) is 0 Å². The Morgan fingerprint density at radius 2 is 2.33 bits per heavy atom. The van der Waals surface area contributed by atoms with Gasteiger partial charge in [-0.05, 0) is 31.9 Å². The number of thiophene rings is 1. The lowest BCUT2D eigenvalue weighted by atomic mass is 10.2. The van der Waals surface area contributed by atoms with Crippen LogP contribution < -0.4 is 11.1 Å². The lowest BCUT2D eigenvalue weighted by molar-refractivity contribution is -0.132. The van der Waals surface area contributed by atoms with Crippen molar-refractivity contribution in [3.63, 3.8) is 0 Å². The van der Waals surface area contributed by atoms with Crippen molar-refractivity contribution in [3.05, 3.63) is 21.9 Å². The number of carbonyl (C=O) groups excluding carboxylic acids is 1. The number of carbonyl (C=O) groups is 1. The predicted molar refractivity (Wildman–Crippen MR) is 75.1 cm³/mol. The lowest BCUT2D eigenvalue weighted by Gasteiger charge is -2.12. The van der Waals surface area contributed by atoms with E-state index in [1.165, 1.54) is 9.75 Å². The molecule has 0 aromatic carbocycles. The van der Waals surface area contributed by atoms with Crippen molar-refractivity contribution in [2.45, 2.75) is 38.5 Å². The third-order valence-corrected chi connectivity index (χ3v) is 3.90. The molecule has 1 aliphatic rings. The summed E-state index contributed by atoms with van der Waals surface area (Å²) >= 11 is 1.70. The van der Waals surface area contributed by atoms with E-state index in [0.29, 0.717) is 13.1 Å². The van der Waals surface area contributed by atoms with E-state index in [-0.39, 0.29) is 30.5 Å². The lowest BCUT2D eigenvalue weighted by Crippen LogP contribution is -2.34. The summed E-state index contributed by atoms with van der Waals surface area (Å²) in [4.78, 5) is 14.2. The van der Waals surface area contributed by atoms with Crippen LogP contribution in [0.3, 0.4) is 0 Å². The third-order valence-electron chi connectivity index (χ3n) is 2.90. The smallest absolute Gasteiger partial charge is 0.249 e. The van der Waals surface area contributed by atoms with E-state index in [4.69, 9.17) is 10.5 Å². The molecular formula is C12H19ClN2O2S. The van der Waals surface area contributed by atoms with Gasteiger partial charge >= 0.3 is 0 Å². The molecule has 0 unspecified atom stereocenters. The number of ether oxygens (including phenoxy) is 1. The van der Waals surface area contributed by atoms with E-state index in [1.807, 2.05) is 6.07 Å². The average Bonchev–Trinajstić information content (AvgIpc) is 2.94. The van der Waals surface area contributed by atoms with Crippen LogP contribution in [-0.2, 0) is 16.1 Å². The zero-order chi connectivity index (χ0) is 12.3. The topological polar surface area (TPSA) is 64.4 Å². The summed E-state index contributed by atoms with van der Waals surface area (Å²) in [6, 6.07) is 4.10. The van der Waals surface area contributed by atoms with E-state index in [1.54, 1.807) is 11.3 Å². The summed E-state index contributed by atoms with van der Waals surface area (Å²) in [6.07, 6.45) is 1.39. The van der Waals surface area contributed by atoms with Crippen molar-refractivity contribution in [1.82, 2.24) is 5.32 Å². The second-order valence-corrected chi connectivity index (χ2v) is 5.66. The van der Waals surface area contributed by atoms with Gasteiger partial charge in [0.2, 0.25) is 5.91 Å². The SMILES string of the molecule is Cc1ccc(CNC(=O)[C@@H]2CC[C@H](CN)O2)s1.Cl. The van der Waals surface area contributed by atoms with Gasteiger partial charge in [0.05, 0.1) is 12.6 Å². The molecule has 0 spiro atoms. The molecule has 1 aromatic heterocycles. The molecule has 0 bridgehead atoms. The van der Waals surface area contributed by atoms with Gasteiger partial charge in [-0.15, -0.1) is 23.7 Å². The molecule has 1 fully saturated rings. The number of amides is 1. The Labute approximate surface area is 117 Å². The predicted octanol–water partition coefficient (Wildman–Crippen LogP) is 1.60. The standard InChI is InChI=1S/C12H18N2O2S.ClH/c1-8-2-4-10(17-8)7-14-12(15)11-5-3-9(6-13)16-11;/h2,4,9,11H,3,5-7,13H2,1H3,(H,14,15);1H/t9-,11+;/m1./s1. The van der Waals surface area contributed by atoms with Crippen LogP contribution in [0.5, 0.6) is 0 Å². The molecule has 6 heteroatoms. The zero-order valence-electron chi connectivity index (χ0n) is 10.3. The van der Waals surface area contributed by atoms with Gasteiger partial charge in [0.1, 0.15) is 6.10 Å². The molecule has 102 valence electrons. The monoisotopic (exact) mass is 290 g/mol. The van der Waals surface area contributed by atoms with Gasteiger partial charge in [-0.2, -0.15) is 0 Å². The maximum absolute atomic E-state index is 11.8. The number of aryl methyl sites for hydroxylation is 1. The number of rotatable bonds is 4. The molecule has 4 nitrogen and oxygen atoms in total. The van der Waals surface area contributed by atoms with Crippen molar-refractivity contribution < 1.29 is 9.53 Å². The Morgan fingerprint density at radius 1 is 1.56 bits per heavy atom. The maximum atomic E-state index is 11.8. The Balaban J connectivity index is 0.00000162. The minimum absolute atomic E-state index is 0. The first kappa shape index (κ1) is 15.4. The Bertz CT molecular complexity index is 397. The van der Waals surface area contributed by atoms with Crippen molar-refractivity contribution in [2.24, 2.45) is 5.73 Å². The Kier molecular flexibility index (Phi) is 6.08. The minimum atomic E-state index is -0.315. The van der Waals surface area contributed by atoms with Gasteiger partial charge in [0.25, 0.3) is 0 Å². The molecule has 1 aliphatic heterocycles. The minimum Gasteiger partial charge on any atom is -0.364 e. The van der Waals surface area contributed by atoms with Crippen molar-refractivity contribution >= 4 is 29.7 Å². The highest BCUT2D eigenvalue weighted by Crippen LogP contribution is 2.19. The number of hydrogen-bond acceptors (Lipinski definition) is 4. The second-order valence-electron chi connectivity index (χ2n) is 4.29. The molecular weight excluding hydrogens is 272 g/mol. The van der Waals surface area contributed by atoms with E-state index in [9.17, 15) is 4.79 Å². The maximum Gasteiger partial charge on any atom is 0.249 e. The molecule has 1 saturated heterocycles. The number of halogens is 1. The number of nitrogens with two attached hydrogens (primary N) is 1.